The van der Waals surface area contributed by atoms with Gasteiger partial charge in [0.15, 0.2) is 0 Å². The van der Waals surface area contributed by atoms with Crippen molar-refractivity contribution in [1.82, 2.24) is 24.3 Å². The van der Waals surface area contributed by atoms with E-state index in [2.05, 4.69) is 21.9 Å². The minimum Gasteiger partial charge on any atom is -0.339 e. The second-order valence-electron chi connectivity index (χ2n) is 6.05. The summed E-state index contributed by atoms with van der Waals surface area (Å²) < 4.78 is 2.03. The number of nitrogens with zero attached hydrogens (tertiary/aromatic N) is 5. The van der Waals surface area contributed by atoms with Crippen LogP contribution in [0.4, 0.5) is 0 Å². The molecule has 1 saturated heterocycles. The van der Waals surface area contributed by atoms with Crippen molar-refractivity contribution < 1.29 is 4.79 Å². The molecular weight excluding hydrogens is 290 g/mol. The first-order chi connectivity index (χ1) is 11.1. The summed E-state index contributed by atoms with van der Waals surface area (Å²) in [6.07, 6.45) is 6.73. The minimum atomic E-state index is 0.155. The first-order valence-corrected chi connectivity index (χ1v) is 8.00. The Morgan fingerprint density at radius 3 is 2.78 bits per heavy atom. The van der Waals surface area contributed by atoms with Gasteiger partial charge in [-0.25, -0.2) is 4.98 Å². The van der Waals surface area contributed by atoms with Gasteiger partial charge in [-0.3, -0.25) is 14.7 Å². The maximum atomic E-state index is 12.5. The average Bonchev–Trinajstić information content (AvgIpc) is 3.00. The summed E-state index contributed by atoms with van der Waals surface area (Å²) in [4.78, 5) is 25.5. The number of amides is 1. The lowest BCUT2D eigenvalue weighted by molar-refractivity contribution is -0.134. The lowest BCUT2D eigenvalue weighted by atomic mass is 10.1. The molecule has 2 aromatic heterocycles. The summed E-state index contributed by atoms with van der Waals surface area (Å²) in [7, 11) is 4.09. The molecule has 0 aromatic carbocycles. The molecule has 1 aliphatic heterocycles. The van der Waals surface area contributed by atoms with E-state index >= 15 is 0 Å². The highest BCUT2D eigenvalue weighted by Crippen LogP contribution is 2.22. The number of rotatable bonds is 4. The van der Waals surface area contributed by atoms with Crippen LogP contribution in [0.2, 0.25) is 0 Å². The molecule has 0 spiro atoms. The molecular formula is C17H23N5O. The molecule has 1 amide bonds. The van der Waals surface area contributed by atoms with E-state index in [0.29, 0.717) is 19.4 Å². The maximum absolute atomic E-state index is 12.5. The van der Waals surface area contributed by atoms with Crippen LogP contribution in [0.15, 0.2) is 36.8 Å². The summed E-state index contributed by atoms with van der Waals surface area (Å²) in [5, 5.41) is 0. The monoisotopic (exact) mass is 313 g/mol. The number of carbonyl (C=O) groups excluding carboxylic acids is 1. The third-order valence-corrected chi connectivity index (χ3v) is 4.48. The number of aryl methyl sites for hydroxylation is 2. The number of hydrogen-bond donors (Lipinski definition) is 0. The third-order valence-electron chi connectivity index (χ3n) is 4.48. The molecule has 2 aromatic rings. The van der Waals surface area contributed by atoms with Gasteiger partial charge in [0.1, 0.15) is 5.82 Å². The molecule has 1 atom stereocenters. The number of likely N-dealkylation sites (N-methyl/N-ethyl adjacent to an activating group) is 1. The number of piperazine rings is 1. The lowest BCUT2D eigenvalue weighted by Gasteiger charge is -2.39. The molecule has 6 nitrogen and oxygen atoms in total. The predicted octanol–water partition coefficient (Wildman–Crippen LogP) is 1.26. The molecule has 0 saturated carbocycles. The fourth-order valence-corrected chi connectivity index (χ4v) is 3.02. The van der Waals surface area contributed by atoms with Crippen molar-refractivity contribution in [2.24, 2.45) is 7.05 Å². The van der Waals surface area contributed by atoms with E-state index in [1.807, 2.05) is 47.1 Å². The van der Waals surface area contributed by atoms with Gasteiger partial charge in [-0.05, 0) is 25.6 Å². The Bertz CT molecular complexity index is 654. The van der Waals surface area contributed by atoms with Crippen molar-refractivity contribution in [3.05, 3.63) is 48.3 Å². The lowest BCUT2D eigenvalue weighted by Crippen LogP contribution is -2.49. The summed E-state index contributed by atoms with van der Waals surface area (Å²) in [5.41, 5.74) is 0.968. The molecule has 0 bridgehead atoms. The van der Waals surface area contributed by atoms with Crippen LogP contribution in [0, 0.1) is 0 Å². The molecule has 122 valence electrons. The zero-order valence-electron chi connectivity index (χ0n) is 13.7. The van der Waals surface area contributed by atoms with Crippen LogP contribution in [-0.4, -0.2) is 56.9 Å². The molecule has 3 heterocycles. The second kappa shape index (κ2) is 6.91. The zero-order valence-corrected chi connectivity index (χ0v) is 13.7. The van der Waals surface area contributed by atoms with Crippen molar-refractivity contribution in [2.45, 2.75) is 18.9 Å². The Morgan fingerprint density at radius 1 is 1.22 bits per heavy atom. The highest BCUT2D eigenvalue weighted by Gasteiger charge is 2.30. The Hall–Kier alpha value is -2.21. The van der Waals surface area contributed by atoms with Crippen LogP contribution < -0.4 is 0 Å². The van der Waals surface area contributed by atoms with E-state index in [1.54, 1.807) is 6.20 Å². The SMILES string of the molecule is CN1CCN(C(=O)CCc2ccccn2)C[C@H]1c1nccn1C. The van der Waals surface area contributed by atoms with Crippen LogP contribution in [0.25, 0.3) is 0 Å². The molecule has 1 aliphatic rings. The molecule has 0 N–H and O–H groups in total. The van der Waals surface area contributed by atoms with Crippen molar-refractivity contribution in [2.75, 3.05) is 26.7 Å². The Morgan fingerprint density at radius 2 is 2.09 bits per heavy atom. The van der Waals surface area contributed by atoms with Crippen molar-refractivity contribution in [1.29, 1.82) is 0 Å². The standard InChI is InChI=1S/C17H23N5O/c1-20-11-12-22(13-15(20)17-19-9-10-21(17)2)16(23)7-6-14-5-3-4-8-18-14/h3-5,8-10,15H,6-7,11-13H2,1-2H3/t15-/m0/s1. The molecule has 1 fully saturated rings. The quantitative estimate of drug-likeness (QED) is 0.853. The van der Waals surface area contributed by atoms with Crippen LogP contribution in [-0.2, 0) is 18.3 Å². The zero-order chi connectivity index (χ0) is 16.2. The number of hydrogen-bond acceptors (Lipinski definition) is 4. The van der Waals surface area contributed by atoms with Gasteiger partial charge in [0, 0.05) is 57.4 Å². The van der Waals surface area contributed by atoms with E-state index in [1.165, 1.54) is 0 Å². The van der Waals surface area contributed by atoms with Gasteiger partial charge < -0.3 is 9.47 Å². The second-order valence-corrected chi connectivity index (χ2v) is 6.05. The Labute approximate surface area is 136 Å². The van der Waals surface area contributed by atoms with Crippen LogP contribution in [0.5, 0.6) is 0 Å². The van der Waals surface area contributed by atoms with Crippen molar-refractivity contribution in [3.63, 3.8) is 0 Å². The fourth-order valence-electron chi connectivity index (χ4n) is 3.02. The number of pyridine rings is 1. The topological polar surface area (TPSA) is 54.3 Å². The van der Waals surface area contributed by atoms with Crippen molar-refractivity contribution >= 4 is 5.91 Å². The summed E-state index contributed by atoms with van der Waals surface area (Å²) in [5.74, 6) is 1.21. The van der Waals surface area contributed by atoms with Gasteiger partial charge in [0.2, 0.25) is 5.91 Å². The largest absolute Gasteiger partial charge is 0.339 e. The van der Waals surface area contributed by atoms with E-state index in [0.717, 1.165) is 24.6 Å². The number of aromatic nitrogens is 3. The van der Waals surface area contributed by atoms with Gasteiger partial charge in [-0.1, -0.05) is 6.07 Å². The van der Waals surface area contributed by atoms with Crippen LogP contribution >= 0.6 is 0 Å². The fraction of sp³-hybridized carbons (Fsp3) is 0.471. The molecule has 0 aliphatic carbocycles. The van der Waals surface area contributed by atoms with Gasteiger partial charge in [-0.15, -0.1) is 0 Å². The Kier molecular flexibility index (Phi) is 4.71. The highest BCUT2D eigenvalue weighted by molar-refractivity contribution is 5.76. The third kappa shape index (κ3) is 3.59. The normalized spacial score (nSPS) is 19.0. The summed E-state index contributed by atoms with van der Waals surface area (Å²) in [6, 6.07) is 5.97. The van der Waals surface area contributed by atoms with E-state index in [-0.39, 0.29) is 11.9 Å². The van der Waals surface area contributed by atoms with Gasteiger partial charge in [0.25, 0.3) is 0 Å². The summed E-state index contributed by atoms with van der Waals surface area (Å²) >= 11 is 0. The average molecular weight is 313 g/mol. The summed E-state index contributed by atoms with van der Waals surface area (Å²) in [6.45, 7) is 2.34. The van der Waals surface area contributed by atoms with Gasteiger partial charge >= 0.3 is 0 Å². The molecule has 6 heteroatoms. The minimum absolute atomic E-state index is 0.155. The first kappa shape index (κ1) is 15.7. The number of imidazole rings is 1. The molecule has 3 rings (SSSR count). The Balaban J connectivity index is 1.62. The van der Waals surface area contributed by atoms with E-state index < -0.39 is 0 Å². The van der Waals surface area contributed by atoms with E-state index in [9.17, 15) is 4.79 Å². The maximum Gasteiger partial charge on any atom is 0.223 e. The molecule has 23 heavy (non-hydrogen) atoms. The number of carbonyl (C=O) groups is 1. The van der Waals surface area contributed by atoms with Gasteiger partial charge in [0.05, 0.1) is 6.04 Å². The highest BCUT2D eigenvalue weighted by atomic mass is 16.2. The van der Waals surface area contributed by atoms with Crippen LogP contribution in [0.1, 0.15) is 24.0 Å². The smallest absolute Gasteiger partial charge is 0.223 e. The molecule has 0 unspecified atom stereocenters. The van der Waals surface area contributed by atoms with Crippen LogP contribution in [0.3, 0.4) is 0 Å². The van der Waals surface area contributed by atoms with E-state index in [4.69, 9.17) is 0 Å². The molecule has 0 radical (unpaired) electrons. The predicted molar refractivity (Wildman–Crippen MR) is 87.7 cm³/mol. The first-order valence-electron chi connectivity index (χ1n) is 8.00. The van der Waals surface area contributed by atoms with Gasteiger partial charge in [-0.2, -0.15) is 0 Å². The van der Waals surface area contributed by atoms with Crippen molar-refractivity contribution in [3.8, 4) is 0 Å².